The molecule has 4 rings (SSSR count). The highest BCUT2D eigenvalue weighted by Gasteiger charge is 2.30. The van der Waals surface area contributed by atoms with Crippen molar-refractivity contribution < 1.29 is 21.9 Å². The summed E-state index contributed by atoms with van der Waals surface area (Å²) in [6.07, 6.45) is 0. The number of halogens is 4. The zero-order valence-corrected chi connectivity index (χ0v) is 19.6. The predicted molar refractivity (Wildman–Crippen MR) is 125 cm³/mol. The first-order valence-electron chi connectivity index (χ1n) is 9.20. The van der Waals surface area contributed by atoms with Gasteiger partial charge in [-0.15, -0.1) is 11.3 Å². The van der Waals surface area contributed by atoms with E-state index in [1.807, 2.05) is 0 Å². The molecule has 4 aromatic rings. The molecule has 10 heteroatoms. The molecule has 1 heterocycles. The third-order valence-corrected chi connectivity index (χ3v) is 8.65. The van der Waals surface area contributed by atoms with Gasteiger partial charge in [0.05, 0.1) is 33.3 Å². The van der Waals surface area contributed by atoms with E-state index in [4.69, 9.17) is 27.9 Å². The number of fused-ring (bicyclic) bond motifs is 1. The van der Waals surface area contributed by atoms with Gasteiger partial charge in [-0.25, -0.2) is 17.2 Å². The van der Waals surface area contributed by atoms with Crippen LogP contribution in [0.4, 0.5) is 13.8 Å². The van der Waals surface area contributed by atoms with Gasteiger partial charge in [0.15, 0.2) is 17.4 Å². The van der Waals surface area contributed by atoms with Crippen LogP contribution in [0.5, 0.6) is 5.75 Å². The van der Waals surface area contributed by atoms with E-state index < -0.39 is 21.7 Å². The van der Waals surface area contributed by atoms with Crippen LogP contribution in [0.3, 0.4) is 0 Å². The fourth-order valence-electron chi connectivity index (χ4n) is 3.21. The summed E-state index contributed by atoms with van der Waals surface area (Å²) in [5.74, 6) is -1.73. The van der Waals surface area contributed by atoms with Gasteiger partial charge in [0.2, 0.25) is 0 Å². The highest BCUT2D eigenvalue weighted by molar-refractivity contribution is 7.93. The van der Waals surface area contributed by atoms with Crippen molar-refractivity contribution in [3.8, 4) is 5.75 Å². The predicted octanol–water partition coefficient (Wildman–Crippen LogP) is 6.89. The number of rotatable bonds is 6. The summed E-state index contributed by atoms with van der Waals surface area (Å²) in [6.45, 7) is -0.267. The lowest BCUT2D eigenvalue weighted by Crippen LogP contribution is -2.30. The van der Waals surface area contributed by atoms with Gasteiger partial charge in [0.1, 0.15) is 5.00 Å². The molecule has 32 heavy (non-hydrogen) atoms. The average Bonchev–Trinajstić information content (AvgIpc) is 3.11. The van der Waals surface area contributed by atoms with E-state index in [0.29, 0.717) is 20.9 Å². The molecule has 4 nitrogen and oxygen atoms in total. The molecule has 0 fully saturated rings. The summed E-state index contributed by atoms with van der Waals surface area (Å²) in [7, 11) is -2.65. The minimum Gasteiger partial charge on any atom is -0.494 e. The SMILES string of the molecule is COc1c(Cl)ccc2c(Cl)c(N(Cc3ccc(F)c(F)c3)S(=O)(=O)c3ccccc3)sc12. The molecule has 0 N–H and O–H groups in total. The quantitative estimate of drug-likeness (QED) is 0.282. The van der Waals surface area contributed by atoms with Gasteiger partial charge in [-0.3, -0.25) is 4.31 Å². The summed E-state index contributed by atoms with van der Waals surface area (Å²) in [4.78, 5) is 0.0288. The van der Waals surface area contributed by atoms with E-state index in [1.165, 1.54) is 25.3 Å². The zero-order chi connectivity index (χ0) is 23.0. The lowest BCUT2D eigenvalue weighted by atomic mass is 10.2. The van der Waals surface area contributed by atoms with E-state index in [1.54, 1.807) is 30.3 Å². The summed E-state index contributed by atoms with van der Waals surface area (Å²) < 4.78 is 61.5. The Morgan fingerprint density at radius 2 is 1.72 bits per heavy atom. The Bertz CT molecular complexity index is 1410. The number of hydrogen-bond acceptors (Lipinski definition) is 4. The van der Waals surface area contributed by atoms with Crippen LogP contribution < -0.4 is 9.04 Å². The third-order valence-electron chi connectivity index (χ3n) is 4.76. The normalized spacial score (nSPS) is 11.7. The molecule has 0 radical (unpaired) electrons. The van der Waals surface area contributed by atoms with E-state index in [9.17, 15) is 17.2 Å². The molecule has 0 aliphatic carbocycles. The monoisotopic (exact) mass is 513 g/mol. The third kappa shape index (κ3) is 4.03. The fourth-order valence-corrected chi connectivity index (χ4v) is 6.90. The topological polar surface area (TPSA) is 46.6 Å². The summed E-state index contributed by atoms with van der Waals surface area (Å²) in [5, 5.41) is 1.30. The molecule has 1 aromatic heterocycles. The van der Waals surface area contributed by atoms with Crippen LogP contribution >= 0.6 is 34.5 Å². The minimum atomic E-state index is -4.11. The Morgan fingerprint density at radius 3 is 2.38 bits per heavy atom. The molecule has 0 aliphatic rings. The maximum atomic E-state index is 13.8. The molecular weight excluding hydrogens is 499 g/mol. The number of anilines is 1. The standard InChI is InChI=1S/C22H15Cl2F2NO3S2/c1-30-20-16(23)9-8-15-19(24)22(31-21(15)20)27(12-13-7-10-17(25)18(26)11-13)32(28,29)14-5-3-2-4-6-14/h2-11H,12H2,1H3. The highest BCUT2D eigenvalue weighted by Crippen LogP contribution is 2.49. The summed E-state index contributed by atoms with van der Waals surface area (Å²) >= 11 is 13.9. The molecule has 0 saturated heterocycles. The first-order valence-corrected chi connectivity index (χ1v) is 12.2. The number of ether oxygens (including phenoxy) is 1. The Labute approximate surface area is 197 Å². The van der Waals surface area contributed by atoms with Crippen molar-refractivity contribution in [3.05, 3.63) is 87.9 Å². The van der Waals surface area contributed by atoms with Crippen molar-refractivity contribution in [2.24, 2.45) is 0 Å². The molecule has 3 aromatic carbocycles. The second-order valence-corrected chi connectivity index (χ2v) is 10.4. The Hall–Kier alpha value is -2.39. The Morgan fingerprint density at radius 1 is 1.00 bits per heavy atom. The second-order valence-electron chi connectivity index (χ2n) is 6.75. The van der Waals surface area contributed by atoms with Gasteiger partial charge in [-0.05, 0) is 35.9 Å². The number of methoxy groups -OCH3 is 1. The molecular formula is C22H15Cl2F2NO3S2. The van der Waals surface area contributed by atoms with Crippen molar-refractivity contribution in [2.45, 2.75) is 11.4 Å². The molecule has 0 bridgehead atoms. The van der Waals surface area contributed by atoms with Crippen LogP contribution in [-0.4, -0.2) is 15.5 Å². The number of nitrogens with zero attached hydrogens (tertiary/aromatic N) is 1. The first-order chi connectivity index (χ1) is 15.2. The molecule has 0 amide bonds. The Balaban J connectivity index is 1.93. The molecule has 0 aliphatic heterocycles. The van der Waals surface area contributed by atoms with Crippen LogP contribution in [0.25, 0.3) is 10.1 Å². The summed E-state index contributed by atoms with van der Waals surface area (Å²) in [5.41, 5.74) is 0.252. The zero-order valence-electron chi connectivity index (χ0n) is 16.5. The van der Waals surface area contributed by atoms with Crippen molar-refractivity contribution in [3.63, 3.8) is 0 Å². The van der Waals surface area contributed by atoms with E-state index in [0.717, 1.165) is 27.8 Å². The lowest BCUT2D eigenvalue weighted by molar-refractivity contribution is 0.420. The smallest absolute Gasteiger partial charge is 0.265 e. The number of benzene rings is 3. The minimum absolute atomic E-state index is 0.0288. The van der Waals surface area contributed by atoms with Crippen LogP contribution in [-0.2, 0) is 16.6 Å². The maximum absolute atomic E-state index is 13.8. The van der Waals surface area contributed by atoms with Gasteiger partial charge in [-0.1, -0.05) is 53.5 Å². The molecule has 0 saturated carbocycles. The van der Waals surface area contributed by atoms with Crippen molar-refractivity contribution >= 4 is 59.6 Å². The molecule has 0 spiro atoms. The van der Waals surface area contributed by atoms with Gasteiger partial charge >= 0.3 is 0 Å². The Kier molecular flexibility index (Phi) is 6.31. The highest BCUT2D eigenvalue weighted by atomic mass is 35.5. The number of hydrogen-bond donors (Lipinski definition) is 0. The van der Waals surface area contributed by atoms with Crippen LogP contribution in [0.2, 0.25) is 10.0 Å². The van der Waals surface area contributed by atoms with Gasteiger partial charge in [0.25, 0.3) is 10.0 Å². The van der Waals surface area contributed by atoms with Crippen LogP contribution in [0.15, 0.2) is 65.6 Å². The average molecular weight is 514 g/mol. The van der Waals surface area contributed by atoms with Crippen LogP contribution in [0.1, 0.15) is 5.56 Å². The van der Waals surface area contributed by atoms with Crippen molar-refractivity contribution in [2.75, 3.05) is 11.4 Å². The number of thiophene rings is 1. The van der Waals surface area contributed by atoms with Gasteiger partial charge in [-0.2, -0.15) is 0 Å². The molecule has 166 valence electrons. The maximum Gasteiger partial charge on any atom is 0.265 e. The van der Waals surface area contributed by atoms with Crippen LogP contribution in [0, 0.1) is 11.6 Å². The van der Waals surface area contributed by atoms with Gasteiger partial charge in [0, 0.05) is 5.39 Å². The lowest BCUT2D eigenvalue weighted by Gasteiger charge is -2.23. The largest absolute Gasteiger partial charge is 0.494 e. The van der Waals surface area contributed by atoms with E-state index in [-0.39, 0.29) is 27.0 Å². The van der Waals surface area contributed by atoms with E-state index in [2.05, 4.69) is 0 Å². The second kappa shape index (κ2) is 8.86. The molecule has 0 atom stereocenters. The number of sulfonamides is 1. The molecule has 0 unspecified atom stereocenters. The van der Waals surface area contributed by atoms with Gasteiger partial charge < -0.3 is 4.74 Å². The first kappa shape index (κ1) is 22.8. The fraction of sp³-hybridized carbons (Fsp3) is 0.0909. The van der Waals surface area contributed by atoms with Crippen molar-refractivity contribution in [1.82, 2.24) is 0 Å². The van der Waals surface area contributed by atoms with E-state index >= 15 is 0 Å². The summed E-state index contributed by atoms with van der Waals surface area (Å²) in [6, 6.07) is 14.3. The van der Waals surface area contributed by atoms with Crippen molar-refractivity contribution in [1.29, 1.82) is 0 Å².